The third-order valence-corrected chi connectivity index (χ3v) is 9.42. The van der Waals surface area contributed by atoms with Crippen molar-refractivity contribution >= 4 is 18.0 Å². The second-order valence-corrected chi connectivity index (χ2v) is 12.9. The third kappa shape index (κ3) is 7.85. The number of esters is 1. The Balaban J connectivity index is 1.97. The van der Waals surface area contributed by atoms with Gasteiger partial charge >= 0.3 is 5.97 Å². The molecule has 0 aromatic rings. The van der Waals surface area contributed by atoms with Crippen molar-refractivity contribution in [2.24, 2.45) is 23.7 Å². The number of epoxide rings is 1. The molecule has 3 rings (SSSR count). The van der Waals surface area contributed by atoms with Crippen LogP contribution in [0.15, 0.2) is 12.2 Å². The topological polar surface area (TPSA) is 155 Å². The minimum absolute atomic E-state index is 0.0178. The summed E-state index contributed by atoms with van der Waals surface area (Å²) in [6.45, 7) is 10.9. The van der Waals surface area contributed by atoms with Crippen molar-refractivity contribution in [2.75, 3.05) is 14.1 Å². The fraction of sp³-hybridized carbons (Fsp3) is 0.839. The first kappa shape index (κ1) is 34.8. The van der Waals surface area contributed by atoms with E-state index in [1.54, 1.807) is 45.8 Å². The standard InChI is InChI=1S/C31H51NO10/c1-9-23-18(4)29-31(6,42-29)12-10-21(34)16(2)14-20(11-13-33)28(17(3)22(35)15-24(36)40-23)41-30-27(38)25(32(7)8)26(37)19(5)39-30/h10,12-13,16-20,22-23,25-30,35,37-38H,9,11,14-15H2,1-8H3/b12-10+/t16-,17+,18-,19-,20+,22-,23-,25+,26-,27-,28?,29+,30+,31+/m1/s1. The number of cyclic esters (lactones) is 1. The number of aliphatic hydroxyl groups excluding tert-OH is 3. The molecule has 14 atom stereocenters. The second-order valence-electron chi connectivity index (χ2n) is 12.9. The number of carbonyl (C=O) groups excluding carboxylic acids is 3. The molecule has 0 bridgehead atoms. The maximum absolute atomic E-state index is 13.2. The average molecular weight is 598 g/mol. The number of likely N-dealkylation sites (N-methyl/N-ethyl adjacent to an activating group) is 1. The highest BCUT2D eigenvalue weighted by atomic mass is 16.7. The lowest BCUT2D eigenvalue weighted by Crippen LogP contribution is -2.63. The predicted molar refractivity (Wildman–Crippen MR) is 153 cm³/mol. The highest BCUT2D eigenvalue weighted by molar-refractivity contribution is 5.91. The molecule has 3 aliphatic heterocycles. The minimum Gasteiger partial charge on any atom is -0.462 e. The van der Waals surface area contributed by atoms with Crippen LogP contribution < -0.4 is 0 Å². The number of fused-ring (bicyclic) bond motifs is 1. The monoisotopic (exact) mass is 597 g/mol. The molecule has 0 aromatic heterocycles. The van der Waals surface area contributed by atoms with E-state index in [1.807, 2.05) is 20.8 Å². The minimum atomic E-state index is -1.25. The number of rotatable bonds is 6. The summed E-state index contributed by atoms with van der Waals surface area (Å²) in [6, 6.07) is -0.696. The Bertz CT molecular complexity index is 973. The Hall–Kier alpha value is -1.73. The number of nitrogens with zero attached hydrogens (tertiary/aromatic N) is 1. The van der Waals surface area contributed by atoms with Gasteiger partial charge in [-0.2, -0.15) is 0 Å². The maximum atomic E-state index is 13.2. The van der Waals surface area contributed by atoms with E-state index < -0.39 is 78.3 Å². The Kier molecular flexibility index (Phi) is 11.9. The van der Waals surface area contributed by atoms with Crippen LogP contribution in [0.1, 0.15) is 67.2 Å². The highest BCUT2D eigenvalue weighted by Gasteiger charge is 2.55. The van der Waals surface area contributed by atoms with Crippen molar-refractivity contribution in [1.29, 1.82) is 0 Å². The summed E-state index contributed by atoms with van der Waals surface area (Å²) in [7, 11) is 3.46. The van der Waals surface area contributed by atoms with E-state index in [2.05, 4.69) is 0 Å². The van der Waals surface area contributed by atoms with Crippen LogP contribution in [0.25, 0.3) is 0 Å². The molecular formula is C31H51NO10. The molecular weight excluding hydrogens is 546 g/mol. The largest absolute Gasteiger partial charge is 0.462 e. The fourth-order valence-electron chi connectivity index (χ4n) is 6.58. The Morgan fingerprint density at radius 3 is 2.36 bits per heavy atom. The maximum Gasteiger partial charge on any atom is 0.308 e. The Labute approximate surface area is 249 Å². The van der Waals surface area contributed by atoms with Crippen LogP contribution >= 0.6 is 0 Å². The van der Waals surface area contributed by atoms with Gasteiger partial charge in [-0.1, -0.05) is 27.7 Å². The molecule has 11 nitrogen and oxygen atoms in total. The number of hydrogen-bond donors (Lipinski definition) is 3. The van der Waals surface area contributed by atoms with Gasteiger partial charge in [-0.05, 0) is 58.9 Å². The number of allylic oxidation sites excluding steroid dienone is 1. The zero-order chi connectivity index (χ0) is 31.5. The summed E-state index contributed by atoms with van der Waals surface area (Å²) in [5.74, 6) is -2.59. The molecule has 3 aliphatic rings. The van der Waals surface area contributed by atoms with E-state index in [0.29, 0.717) is 6.42 Å². The number of aliphatic hydroxyl groups is 3. The van der Waals surface area contributed by atoms with Gasteiger partial charge in [0.05, 0.1) is 43.0 Å². The molecule has 240 valence electrons. The molecule has 0 aliphatic carbocycles. The summed E-state index contributed by atoms with van der Waals surface area (Å²) >= 11 is 0. The normalized spacial score (nSPS) is 46.5. The number of ether oxygens (including phenoxy) is 4. The summed E-state index contributed by atoms with van der Waals surface area (Å²) in [6.07, 6.45) is -2.34. The molecule has 2 fully saturated rings. The van der Waals surface area contributed by atoms with Gasteiger partial charge in [0, 0.05) is 24.2 Å². The van der Waals surface area contributed by atoms with Gasteiger partial charge in [0.2, 0.25) is 0 Å². The van der Waals surface area contributed by atoms with Gasteiger partial charge < -0.3 is 44.0 Å². The molecule has 0 spiro atoms. The van der Waals surface area contributed by atoms with Gasteiger partial charge in [-0.25, -0.2) is 0 Å². The fourth-order valence-corrected chi connectivity index (χ4v) is 6.58. The molecule has 0 radical (unpaired) electrons. The predicted octanol–water partition coefficient (Wildman–Crippen LogP) is 1.64. The first-order chi connectivity index (χ1) is 19.6. The average Bonchev–Trinajstić information content (AvgIpc) is 3.61. The lowest BCUT2D eigenvalue weighted by atomic mass is 9.79. The number of aldehydes is 1. The van der Waals surface area contributed by atoms with Crippen LogP contribution in [0, 0.1) is 23.7 Å². The van der Waals surface area contributed by atoms with Crippen LogP contribution in [-0.2, 0) is 33.3 Å². The molecule has 11 heteroatoms. The van der Waals surface area contributed by atoms with Gasteiger partial charge in [-0.3, -0.25) is 9.59 Å². The van der Waals surface area contributed by atoms with Crippen molar-refractivity contribution in [3.05, 3.63) is 12.2 Å². The molecule has 0 amide bonds. The van der Waals surface area contributed by atoms with Crippen molar-refractivity contribution in [2.45, 2.75) is 128 Å². The van der Waals surface area contributed by atoms with Crippen LogP contribution in [0.2, 0.25) is 0 Å². The third-order valence-electron chi connectivity index (χ3n) is 9.42. The van der Waals surface area contributed by atoms with Crippen LogP contribution in [-0.4, -0.2) is 113 Å². The van der Waals surface area contributed by atoms with E-state index in [-0.39, 0.29) is 37.1 Å². The van der Waals surface area contributed by atoms with Gasteiger partial charge in [0.25, 0.3) is 0 Å². The van der Waals surface area contributed by atoms with Crippen LogP contribution in [0.4, 0.5) is 0 Å². The zero-order valence-corrected chi connectivity index (χ0v) is 26.2. The highest BCUT2D eigenvalue weighted by Crippen LogP contribution is 2.45. The summed E-state index contributed by atoms with van der Waals surface area (Å²) < 4.78 is 24.0. The van der Waals surface area contributed by atoms with Crippen molar-refractivity contribution in [3.8, 4) is 0 Å². The van der Waals surface area contributed by atoms with Crippen molar-refractivity contribution in [3.63, 3.8) is 0 Å². The van der Waals surface area contributed by atoms with Crippen molar-refractivity contribution < 1.29 is 48.7 Å². The van der Waals surface area contributed by atoms with E-state index in [9.17, 15) is 29.7 Å². The Morgan fingerprint density at radius 1 is 1.10 bits per heavy atom. The van der Waals surface area contributed by atoms with Crippen molar-refractivity contribution in [1.82, 2.24) is 4.90 Å². The lowest BCUT2D eigenvalue weighted by molar-refractivity contribution is -0.304. The molecule has 2 saturated heterocycles. The molecule has 0 aromatic carbocycles. The van der Waals surface area contributed by atoms with Gasteiger partial charge in [-0.15, -0.1) is 0 Å². The molecule has 42 heavy (non-hydrogen) atoms. The second kappa shape index (κ2) is 14.4. The number of hydrogen-bond acceptors (Lipinski definition) is 11. The summed E-state index contributed by atoms with van der Waals surface area (Å²) in [5, 5.41) is 33.1. The van der Waals surface area contributed by atoms with Gasteiger partial charge in [0.1, 0.15) is 24.1 Å². The van der Waals surface area contributed by atoms with E-state index in [0.717, 1.165) is 6.29 Å². The molecule has 3 heterocycles. The zero-order valence-electron chi connectivity index (χ0n) is 26.2. The van der Waals surface area contributed by atoms with E-state index in [1.165, 1.54) is 6.08 Å². The number of carbonyl (C=O) groups is 3. The summed E-state index contributed by atoms with van der Waals surface area (Å²) in [5.41, 5.74) is -0.660. The molecule has 0 saturated carbocycles. The smallest absolute Gasteiger partial charge is 0.308 e. The summed E-state index contributed by atoms with van der Waals surface area (Å²) in [4.78, 5) is 39.8. The molecule has 1 unspecified atom stereocenters. The lowest BCUT2D eigenvalue weighted by Gasteiger charge is -2.46. The SMILES string of the molecule is CC[C@H]1OC(=O)C[C@@H](O)[C@H](C)C(O[C@@H]2O[C@H](C)[C@@H](O)[C@H](N(C)C)[C@H]2O)[C@@H](CC=O)C[C@@H](C)C(=O)/C=C/[C@]2(C)O[C@H]2[C@@H]1C. The quantitative estimate of drug-likeness (QED) is 0.232. The van der Waals surface area contributed by atoms with E-state index >= 15 is 0 Å². The van der Waals surface area contributed by atoms with Gasteiger partial charge in [0.15, 0.2) is 12.1 Å². The first-order valence-corrected chi connectivity index (χ1v) is 15.2. The number of ketones is 1. The first-order valence-electron chi connectivity index (χ1n) is 15.2. The molecule has 3 N–H and O–H groups in total. The van der Waals surface area contributed by atoms with E-state index in [4.69, 9.17) is 18.9 Å². The van der Waals surface area contributed by atoms with Crippen LogP contribution in [0.3, 0.4) is 0 Å². The van der Waals surface area contributed by atoms with Crippen LogP contribution in [0.5, 0.6) is 0 Å². The Morgan fingerprint density at radius 2 is 1.76 bits per heavy atom.